The van der Waals surface area contributed by atoms with E-state index in [-0.39, 0.29) is 24.5 Å². The van der Waals surface area contributed by atoms with Gasteiger partial charge in [-0.1, -0.05) is 31.9 Å². The highest BCUT2D eigenvalue weighted by molar-refractivity contribution is 5.77. The molecule has 124 valence electrons. The van der Waals surface area contributed by atoms with Crippen LogP contribution in [0.3, 0.4) is 0 Å². The zero-order chi connectivity index (χ0) is 16.2. The van der Waals surface area contributed by atoms with E-state index in [1.54, 1.807) is 6.33 Å². The van der Waals surface area contributed by atoms with Crippen molar-refractivity contribution in [1.82, 2.24) is 19.5 Å². The van der Waals surface area contributed by atoms with Crippen LogP contribution >= 0.6 is 0 Å². The van der Waals surface area contributed by atoms with Crippen molar-refractivity contribution in [3.63, 3.8) is 0 Å². The second kappa shape index (κ2) is 6.95. The Labute approximate surface area is 135 Å². The molecule has 7 heteroatoms. The minimum Gasteiger partial charge on any atom is -0.476 e. The van der Waals surface area contributed by atoms with E-state index >= 15 is 0 Å². The van der Waals surface area contributed by atoms with Crippen LogP contribution < -0.4 is 10.5 Å². The molecule has 2 aromatic rings. The van der Waals surface area contributed by atoms with Gasteiger partial charge in [0, 0.05) is 12.5 Å². The number of imidazole rings is 1. The average Bonchev–Trinajstić information content (AvgIpc) is 3.17. The molecule has 3 rings (SSSR count). The van der Waals surface area contributed by atoms with Crippen LogP contribution in [0.1, 0.15) is 38.6 Å². The number of aliphatic hydroxyl groups is 1. The van der Waals surface area contributed by atoms with Crippen molar-refractivity contribution >= 4 is 17.1 Å². The van der Waals surface area contributed by atoms with Gasteiger partial charge in [0.05, 0.1) is 19.0 Å². The Morgan fingerprint density at radius 1 is 1.35 bits per heavy atom. The Morgan fingerprint density at radius 3 is 2.96 bits per heavy atom. The van der Waals surface area contributed by atoms with Gasteiger partial charge < -0.3 is 20.1 Å². The maximum Gasteiger partial charge on any atom is 0.247 e. The second-order valence-corrected chi connectivity index (χ2v) is 5.90. The molecular formula is C16H23N5O2. The zero-order valence-corrected chi connectivity index (χ0v) is 13.4. The number of aliphatic hydroxyl groups excluding tert-OH is 1. The largest absolute Gasteiger partial charge is 0.476 e. The first-order chi connectivity index (χ1) is 11.2. The van der Waals surface area contributed by atoms with Gasteiger partial charge in [0.15, 0.2) is 11.2 Å². The van der Waals surface area contributed by atoms with Gasteiger partial charge in [0.2, 0.25) is 11.8 Å². The number of allylic oxidation sites excluding steroid dienone is 1. The summed E-state index contributed by atoms with van der Waals surface area (Å²) < 4.78 is 7.73. The van der Waals surface area contributed by atoms with E-state index in [9.17, 15) is 5.11 Å². The van der Waals surface area contributed by atoms with E-state index in [2.05, 4.69) is 28.0 Å². The highest BCUT2D eigenvalue weighted by atomic mass is 16.5. The lowest BCUT2D eigenvalue weighted by molar-refractivity contribution is 0.244. The lowest BCUT2D eigenvalue weighted by atomic mass is 10.1. The Morgan fingerprint density at radius 2 is 2.22 bits per heavy atom. The molecule has 0 aliphatic heterocycles. The van der Waals surface area contributed by atoms with Crippen LogP contribution in [0.2, 0.25) is 0 Å². The van der Waals surface area contributed by atoms with Crippen LogP contribution in [-0.2, 0) is 0 Å². The van der Waals surface area contributed by atoms with Gasteiger partial charge in [-0.05, 0) is 12.8 Å². The van der Waals surface area contributed by atoms with Crippen molar-refractivity contribution in [2.45, 2.75) is 38.6 Å². The molecule has 23 heavy (non-hydrogen) atoms. The molecule has 2 heterocycles. The van der Waals surface area contributed by atoms with Gasteiger partial charge in [0.1, 0.15) is 0 Å². The standard InChI is InChI=1S/C16H23N5O2/c1-2-3-4-7-23-15-13-14(19-16(17)20-15)21(10-18-13)12-6-5-11(8-12)9-22/h5-6,10-12,22H,2-4,7-9H2,1H3,(H2,17,19,20)/t11-,12+/m1/s1. The predicted molar refractivity (Wildman–Crippen MR) is 88.1 cm³/mol. The molecule has 2 atom stereocenters. The molecule has 3 N–H and O–H groups in total. The van der Waals surface area contributed by atoms with Gasteiger partial charge in [0.25, 0.3) is 0 Å². The third-order valence-electron chi connectivity index (χ3n) is 4.13. The van der Waals surface area contributed by atoms with Crippen LogP contribution in [-0.4, -0.2) is 37.8 Å². The van der Waals surface area contributed by atoms with Crippen molar-refractivity contribution in [2.24, 2.45) is 5.92 Å². The fourth-order valence-electron chi connectivity index (χ4n) is 2.87. The van der Waals surface area contributed by atoms with Crippen LogP contribution in [0, 0.1) is 5.92 Å². The molecule has 0 bridgehead atoms. The van der Waals surface area contributed by atoms with Gasteiger partial charge in [-0.2, -0.15) is 9.97 Å². The number of nitrogens with two attached hydrogens (primary N) is 1. The fourth-order valence-corrected chi connectivity index (χ4v) is 2.87. The number of aromatic nitrogens is 4. The SMILES string of the molecule is CCCCCOc1nc(N)nc2c1ncn2[C@H]1C=C[C@@H](CO)C1. The highest BCUT2D eigenvalue weighted by Gasteiger charge is 2.23. The molecule has 2 aromatic heterocycles. The fraction of sp³-hybridized carbons (Fsp3) is 0.562. The van der Waals surface area contributed by atoms with Crippen LogP contribution in [0.25, 0.3) is 11.2 Å². The van der Waals surface area contributed by atoms with Crippen LogP contribution in [0.5, 0.6) is 5.88 Å². The molecule has 7 nitrogen and oxygen atoms in total. The number of nitrogen functional groups attached to an aromatic ring is 1. The van der Waals surface area contributed by atoms with E-state index in [0.29, 0.717) is 23.7 Å². The third kappa shape index (κ3) is 3.29. The molecule has 0 radical (unpaired) electrons. The third-order valence-corrected chi connectivity index (χ3v) is 4.13. The average molecular weight is 317 g/mol. The number of anilines is 1. The summed E-state index contributed by atoms with van der Waals surface area (Å²) in [5.41, 5.74) is 7.15. The summed E-state index contributed by atoms with van der Waals surface area (Å²) in [6, 6.07) is 0.124. The smallest absolute Gasteiger partial charge is 0.247 e. The van der Waals surface area contributed by atoms with Gasteiger partial charge in [-0.3, -0.25) is 0 Å². The number of nitrogens with zero attached hydrogens (tertiary/aromatic N) is 4. The molecule has 0 spiro atoms. The predicted octanol–water partition coefficient (Wildman–Crippen LogP) is 2.09. The molecule has 0 saturated heterocycles. The van der Waals surface area contributed by atoms with E-state index in [0.717, 1.165) is 25.7 Å². The number of unbranched alkanes of at least 4 members (excludes halogenated alkanes) is 2. The minimum atomic E-state index is 0.124. The van der Waals surface area contributed by atoms with Crippen LogP contribution in [0.15, 0.2) is 18.5 Å². The summed E-state index contributed by atoms with van der Waals surface area (Å²) in [7, 11) is 0. The molecule has 1 aliphatic carbocycles. The van der Waals surface area contributed by atoms with E-state index < -0.39 is 0 Å². The Bertz CT molecular complexity index is 697. The van der Waals surface area contributed by atoms with Crippen LogP contribution in [0.4, 0.5) is 5.95 Å². The molecule has 0 aromatic carbocycles. The molecule has 0 saturated carbocycles. The van der Waals surface area contributed by atoms with Gasteiger partial charge in [-0.15, -0.1) is 0 Å². The summed E-state index contributed by atoms with van der Waals surface area (Å²) in [5.74, 6) is 0.815. The molecule has 0 fully saturated rings. The van der Waals surface area contributed by atoms with Crippen molar-refractivity contribution in [3.05, 3.63) is 18.5 Å². The number of hydrogen-bond acceptors (Lipinski definition) is 6. The highest BCUT2D eigenvalue weighted by Crippen LogP contribution is 2.31. The number of rotatable bonds is 7. The first kappa shape index (κ1) is 15.7. The van der Waals surface area contributed by atoms with Crippen molar-refractivity contribution < 1.29 is 9.84 Å². The Hall–Kier alpha value is -2.15. The van der Waals surface area contributed by atoms with Crippen molar-refractivity contribution in [1.29, 1.82) is 0 Å². The zero-order valence-electron chi connectivity index (χ0n) is 13.4. The van der Waals surface area contributed by atoms with Crippen molar-refractivity contribution in [3.8, 4) is 5.88 Å². The molecule has 1 aliphatic rings. The summed E-state index contributed by atoms with van der Waals surface area (Å²) in [6.07, 6.45) is 9.91. The second-order valence-electron chi connectivity index (χ2n) is 5.90. The topological polar surface area (TPSA) is 99.1 Å². The monoisotopic (exact) mass is 317 g/mol. The first-order valence-electron chi connectivity index (χ1n) is 8.15. The summed E-state index contributed by atoms with van der Waals surface area (Å²) in [6.45, 7) is 2.90. The number of hydrogen-bond donors (Lipinski definition) is 2. The molecular weight excluding hydrogens is 294 g/mol. The maximum absolute atomic E-state index is 9.28. The summed E-state index contributed by atoms with van der Waals surface area (Å²) in [5, 5.41) is 9.28. The summed E-state index contributed by atoms with van der Waals surface area (Å²) >= 11 is 0. The van der Waals surface area contributed by atoms with Gasteiger partial charge in [-0.25, -0.2) is 4.98 Å². The lowest BCUT2D eigenvalue weighted by Gasteiger charge is -2.13. The molecule has 0 unspecified atom stereocenters. The maximum atomic E-state index is 9.28. The van der Waals surface area contributed by atoms with Gasteiger partial charge >= 0.3 is 0 Å². The Kier molecular flexibility index (Phi) is 4.76. The Balaban J connectivity index is 1.85. The number of fused-ring (bicyclic) bond motifs is 1. The van der Waals surface area contributed by atoms with Crippen molar-refractivity contribution in [2.75, 3.05) is 18.9 Å². The normalized spacial score (nSPS) is 20.4. The molecule has 0 amide bonds. The van der Waals surface area contributed by atoms with E-state index in [1.807, 2.05) is 10.6 Å². The lowest BCUT2D eigenvalue weighted by Crippen LogP contribution is -2.09. The quantitative estimate of drug-likeness (QED) is 0.599. The number of ether oxygens (including phenoxy) is 1. The van der Waals surface area contributed by atoms with E-state index in [4.69, 9.17) is 10.5 Å². The summed E-state index contributed by atoms with van der Waals surface area (Å²) in [4.78, 5) is 12.9. The minimum absolute atomic E-state index is 0.124. The first-order valence-corrected chi connectivity index (χ1v) is 8.15. The van der Waals surface area contributed by atoms with E-state index in [1.165, 1.54) is 0 Å².